The summed E-state index contributed by atoms with van der Waals surface area (Å²) >= 11 is 0. The number of rotatable bonds is 9. The number of hydrogen-bond donors (Lipinski definition) is 0. The standard InChI is InChI=1S/C17H26O/c1-2-3-4-5-6-7-8-12-15-17(18)16-13-10-9-11-14-16/h9-10,12-13,15H,2-8,11,14H2,1H3. The summed E-state index contributed by atoms with van der Waals surface area (Å²) in [7, 11) is 0. The molecule has 0 spiro atoms. The van der Waals surface area contributed by atoms with Gasteiger partial charge in [0.05, 0.1) is 0 Å². The van der Waals surface area contributed by atoms with Gasteiger partial charge in [-0.15, -0.1) is 0 Å². The summed E-state index contributed by atoms with van der Waals surface area (Å²) in [6, 6.07) is 0. The first-order valence-corrected chi connectivity index (χ1v) is 7.41. The van der Waals surface area contributed by atoms with Crippen molar-refractivity contribution in [3.8, 4) is 0 Å². The van der Waals surface area contributed by atoms with E-state index in [2.05, 4.69) is 13.0 Å². The lowest BCUT2D eigenvalue weighted by Gasteiger charge is -2.04. The maximum absolute atomic E-state index is 11.8. The zero-order valence-electron chi connectivity index (χ0n) is 11.7. The highest BCUT2D eigenvalue weighted by Gasteiger charge is 2.05. The van der Waals surface area contributed by atoms with Gasteiger partial charge in [0.2, 0.25) is 0 Å². The Morgan fingerprint density at radius 1 is 1.22 bits per heavy atom. The summed E-state index contributed by atoms with van der Waals surface area (Å²) in [5.74, 6) is 0.199. The first-order chi connectivity index (χ1) is 8.84. The molecule has 0 radical (unpaired) electrons. The molecule has 0 aromatic carbocycles. The molecule has 0 atom stereocenters. The predicted molar refractivity (Wildman–Crippen MR) is 78.6 cm³/mol. The quantitative estimate of drug-likeness (QED) is 0.407. The van der Waals surface area contributed by atoms with E-state index in [-0.39, 0.29) is 5.78 Å². The van der Waals surface area contributed by atoms with Gasteiger partial charge >= 0.3 is 0 Å². The van der Waals surface area contributed by atoms with Crippen molar-refractivity contribution in [3.05, 3.63) is 36.0 Å². The van der Waals surface area contributed by atoms with E-state index < -0.39 is 0 Å². The van der Waals surface area contributed by atoms with Crippen LogP contribution in [0.4, 0.5) is 0 Å². The van der Waals surface area contributed by atoms with Gasteiger partial charge in [0, 0.05) is 0 Å². The molecule has 0 aliphatic heterocycles. The molecular formula is C17H26O. The van der Waals surface area contributed by atoms with Crippen LogP contribution in [0.25, 0.3) is 0 Å². The van der Waals surface area contributed by atoms with E-state index in [4.69, 9.17) is 0 Å². The van der Waals surface area contributed by atoms with E-state index >= 15 is 0 Å². The normalized spacial score (nSPS) is 15.1. The van der Waals surface area contributed by atoms with Crippen LogP contribution in [0.15, 0.2) is 36.0 Å². The number of unbranched alkanes of at least 4 members (excludes halogenated alkanes) is 6. The fourth-order valence-electron chi connectivity index (χ4n) is 2.15. The Morgan fingerprint density at radius 2 is 2.00 bits per heavy atom. The molecule has 0 unspecified atom stereocenters. The molecule has 0 heterocycles. The summed E-state index contributed by atoms with van der Waals surface area (Å²) in [6.07, 6.45) is 20.7. The number of allylic oxidation sites excluding steroid dienone is 6. The van der Waals surface area contributed by atoms with Gasteiger partial charge < -0.3 is 0 Å². The Bertz CT molecular complexity index is 321. The molecular weight excluding hydrogens is 220 g/mol. The highest BCUT2D eigenvalue weighted by molar-refractivity contribution is 6.04. The Balaban J connectivity index is 2.07. The minimum Gasteiger partial charge on any atom is -0.290 e. The third-order valence-electron chi connectivity index (χ3n) is 3.32. The van der Waals surface area contributed by atoms with Crippen LogP contribution in [0.1, 0.15) is 64.7 Å². The van der Waals surface area contributed by atoms with Gasteiger partial charge in [-0.05, 0) is 37.3 Å². The van der Waals surface area contributed by atoms with Crippen molar-refractivity contribution < 1.29 is 4.79 Å². The smallest absolute Gasteiger partial charge is 0.181 e. The maximum atomic E-state index is 11.8. The summed E-state index contributed by atoms with van der Waals surface area (Å²) in [5.41, 5.74) is 0.955. The lowest BCUT2D eigenvalue weighted by atomic mass is 10.0. The van der Waals surface area contributed by atoms with Crippen LogP contribution in [0.3, 0.4) is 0 Å². The number of ketones is 1. The highest BCUT2D eigenvalue weighted by Crippen LogP contribution is 2.13. The first-order valence-electron chi connectivity index (χ1n) is 7.41. The van der Waals surface area contributed by atoms with Gasteiger partial charge in [-0.3, -0.25) is 4.79 Å². The fraction of sp³-hybridized carbons (Fsp3) is 0.588. The van der Waals surface area contributed by atoms with Crippen LogP contribution in [-0.4, -0.2) is 5.78 Å². The molecule has 0 aromatic rings. The molecule has 0 aromatic heterocycles. The minimum absolute atomic E-state index is 0.199. The molecule has 1 nitrogen and oxygen atoms in total. The summed E-state index contributed by atoms with van der Waals surface area (Å²) in [6.45, 7) is 2.24. The highest BCUT2D eigenvalue weighted by atomic mass is 16.1. The Labute approximate surface area is 112 Å². The van der Waals surface area contributed by atoms with E-state index in [0.717, 1.165) is 24.8 Å². The molecule has 1 aliphatic carbocycles. The number of hydrogen-bond acceptors (Lipinski definition) is 1. The lowest BCUT2D eigenvalue weighted by Crippen LogP contribution is -1.99. The van der Waals surface area contributed by atoms with Gasteiger partial charge in [-0.25, -0.2) is 0 Å². The maximum Gasteiger partial charge on any atom is 0.181 e. The first kappa shape index (κ1) is 14.9. The van der Waals surface area contributed by atoms with Crippen molar-refractivity contribution in [2.24, 2.45) is 0 Å². The van der Waals surface area contributed by atoms with Gasteiger partial charge in [0.1, 0.15) is 0 Å². The van der Waals surface area contributed by atoms with Crippen molar-refractivity contribution in [2.45, 2.75) is 64.7 Å². The average molecular weight is 246 g/mol. The van der Waals surface area contributed by atoms with Gasteiger partial charge in [-0.2, -0.15) is 0 Å². The monoisotopic (exact) mass is 246 g/mol. The molecule has 0 saturated carbocycles. The Hall–Kier alpha value is -1.11. The predicted octanol–water partition coefficient (Wildman–Crippen LogP) is 5.14. The molecule has 0 bridgehead atoms. The Morgan fingerprint density at radius 3 is 2.72 bits per heavy atom. The van der Waals surface area contributed by atoms with Crippen LogP contribution in [0, 0.1) is 0 Å². The molecule has 0 amide bonds. The third-order valence-corrected chi connectivity index (χ3v) is 3.32. The second-order valence-electron chi connectivity index (χ2n) is 4.98. The molecule has 1 aliphatic rings. The molecule has 100 valence electrons. The van der Waals surface area contributed by atoms with Crippen LogP contribution >= 0.6 is 0 Å². The van der Waals surface area contributed by atoms with E-state index in [0.29, 0.717) is 0 Å². The van der Waals surface area contributed by atoms with Gasteiger partial charge in [0.15, 0.2) is 5.78 Å². The van der Waals surface area contributed by atoms with Crippen LogP contribution in [-0.2, 0) is 4.79 Å². The van der Waals surface area contributed by atoms with Crippen molar-refractivity contribution in [3.63, 3.8) is 0 Å². The van der Waals surface area contributed by atoms with E-state index in [1.807, 2.05) is 18.2 Å². The molecule has 0 N–H and O–H groups in total. The zero-order valence-corrected chi connectivity index (χ0v) is 11.7. The van der Waals surface area contributed by atoms with Gasteiger partial charge in [0.25, 0.3) is 0 Å². The van der Waals surface area contributed by atoms with E-state index in [1.165, 1.54) is 38.5 Å². The minimum atomic E-state index is 0.199. The van der Waals surface area contributed by atoms with Crippen molar-refractivity contribution >= 4 is 5.78 Å². The Kier molecular flexibility index (Phi) is 8.20. The molecule has 1 heteroatoms. The molecule has 1 rings (SSSR count). The SMILES string of the molecule is CCCCCCCCC=CC(=O)C1=CC=CCC1. The van der Waals surface area contributed by atoms with Crippen molar-refractivity contribution in [1.29, 1.82) is 0 Å². The molecule has 0 fully saturated rings. The largest absolute Gasteiger partial charge is 0.290 e. The van der Waals surface area contributed by atoms with E-state index in [9.17, 15) is 4.79 Å². The lowest BCUT2D eigenvalue weighted by molar-refractivity contribution is -0.111. The number of carbonyl (C=O) groups excluding carboxylic acids is 1. The van der Waals surface area contributed by atoms with Crippen molar-refractivity contribution in [2.75, 3.05) is 0 Å². The fourth-order valence-corrected chi connectivity index (χ4v) is 2.15. The summed E-state index contributed by atoms with van der Waals surface area (Å²) in [4.78, 5) is 11.8. The summed E-state index contributed by atoms with van der Waals surface area (Å²) in [5, 5.41) is 0. The molecule has 18 heavy (non-hydrogen) atoms. The van der Waals surface area contributed by atoms with Crippen molar-refractivity contribution in [1.82, 2.24) is 0 Å². The van der Waals surface area contributed by atoms with Gasteiger partial charge in [-0.1, -0.05) is 63.3 Å². The second kappa shape index (κ2) is 9.87. The summed E-state index contributed by atoms with van der Waals surface area (Å²) < 4.78 is 0. The average Bonchev–Trinajstić information content (AvgIpc) is 2.42. The topological polar surface area (TPSA) is 17.1 Å². The molecule has 0 saturated heterocycles. The zero-order chi connectivity index (χ0) is 13.1. The van der Waals surface area contributed by atoms with Crippen LogP contribution in [0.2, 0.25) is 0 Å². The number of carbonyl (C=O) groups is 1. The van der Waals surface area contributed by atoms with Crippen LogP contribution < -0.4 is 0 Å². The third kappa shape index (κ3) is 6.58. The van der Waals surface area contributed by atoms with E-state index in [1.54, 1.807) is 6.08 Å². The van der Waals surface area contributed by atoms with Crippen LogP contribution in [0.5, 0.6) is 0 Å². The second-order valence-corrected chi connectivity index (χ2v) is 4.98.